The number of carbonyl (C=O) groups excluding carboxylic acids is 1. The van der Waals surface area contributed by atoms with Gasteiger partial charge in [-0.15, -0.1) is 0 Å². The van der Waals surface area contributed by atoms with Crippen LogP contribution in [0.2, 0.25) is 0 Å². The van der Waals surface area contributed by atoms with E-state index in [1.165, 1.54) is 17.0 Å². The van der Waals surface area contributed by atoms with Crippen molar-refractivity contribution in [2.75, 3.05) is 13.1 Å². The lowest BCUT2D eigenvalue weighted by Crippen LogP contribution is -2.36. The summed E-state index contributed by atoms with van der Waals surface area (Å²) in [6.45, 7) is 0.725. The molecule has 0 radical (unpaired) electrons. The van der Waals surface area contributed by atoms with Gasteiger partial charge in [-0.3, -0.25) is 14.3 Å². The van der Waals surface area contributed by atoms with Crippen LogP contribution in [-0.4, -0.2) is 49.6 Å². The summed E-state index contributed by atoms with van der Waals surface area (Å²) in [6.07, 6.45) is 6.50. The highest BCUT2D eigenvalue weighted by Gasteiger charge is 2.33. The van der Waals surface area contributed by atoms with Crippen molar-refractivity contribution >= 4 is 5.91 Å². The second-order valence-corrected chi connectivity index (χ2v) is 5.72. The Hall–Kier alpha value is -2.54. The number of amides is 1. The van der Waals surface area contributed by atoms with Crippen molar-refractivity contribution in [2.24, 2.45) is 5.92 Å². The first-order chi connectivity index (χ1) is 11.1. The van der Waals surface area contributed by atoms with E-state index in [4.69, 9.17) is 0 Å². The van der Waals surface area contributed by atoms with Crippen LogP contribution in [0.4, 0.5) is 0 Å². The van der Waals surface area contributed by atoms with Gasteiger partial charge in [0, 0.05) is 43.8 Å². The predicted molar refractivity (Wildman–Crippen MR) is 82.5 cm³/mol. The summed E-state index contributed by atoms with van der Waals surface area (Å²) in [6, 6.07) is 5.43. The molecule has 1 aliphatic heterocycles. The van der Waals surface area contributed by atoms with Crippen LogP contribution in [0.15, 0.2) is 47.8 Å². The minimum atomic E-state index is -0.558. The van der Waals surface area contributed by atoms with Gasteiger partial charge in [-0.25, -0.2) is 9.78 Å². The fourth-order valence-corrected chi connectivity index (χ4v) is 2.83. The quantitative estimate of drug-likeness (QED) is 0.837. The molecule has 7 nitrogen and oxygen atoms in total. The second-order valence-electron chi connectivity index (χ2n) is 5.72. The highest BCUT2D eigenvalue weighted by atomic mass is 16.3. The molecule has 3 rings (SSSR count). The van der Waals surface area contributed by atoms with Crippen LogP contribution in [0.25, 0.3) is 0 Å². The molecular weight excluding hydrogens is 296 g/mol. The van der Waals surface area contributed by atoms with E-state index in [9.17, 15) is 14.7 Å². The molecule has 23 heavy (non-hydrogen) atoms. The summed E-state index contributed by atoms with van der Waals surface area (Å²) < 4.78 is 1.27. The SMILES string of the molecule is O=C(Cn1cccnc1=O)N1C[C@@H](Cc2ccncc2)[C@H](O)C1. The number of hydrogen-bond donors (Lipinski definition) is 1. The highest BCUT2D eigenvalue weighted by molar-refractivity contribution is 5.76. The number of aromatic nitrogens is 3. The van der Waals surface area contributed by atoms with Crippen LogP contribution >= 0.6 is 0 Å². The Balaban J connectivity index is 1.63. The van der Waals surface area contributed by atoms with Crippen LogP contribution < -0.4 is 5.69 Å². The monoisotopic (exact) mass is 314 g/mol. The Bertz CT molecular complexity index is 731. The maximum atomic E-state index is 12.3. The molecule has 3 heterocycles. The molecule has 2 atom stereocenters. The zero-order valence-electron chi connectivity index (χ0n) is 12.6. The van der Waals surface area contributed by atoms with Crippen molar-refractivity contribution in [1.29, 1.82) is 0 Å². The van der Waals surface area contributed by atoms with Gasteiger partial charge in [0.05, 0.1) is 6.10 Å². The van der Waals surface area contributed by atoms with E-state index >= 15 is 0 Å². The van der Waals surface area contributed by atoms with Crippen LogP contribution in [-0.2, 0) is 17.8 Å². The molecule has 0 saturated carbocycles. The van der Waals surface area contributed by atoms with Crippen LogP contribution in [0.1, 0.15) is 5.56 Å². The minimum absolute atomic E-state index is 0.00743. The first-order valence-corrected chi connectivity index (χ1v) is 7.49. The lowest BCUT2D eigenvalue weighted by Gasteiger charge is -2.16. The van der Waals surface area contributed by atoms with Gasteiger partial charge >= 0.3 is 5.69 Å². The average molecular weight is 314 g/mol. The average Bonchev–Trinajstić information content (AvgIpc) is 2.92. The van der Waals surface area contributed by atoms with Crippen LogP contribution in [0.3, 0.4) is 0 Å². The van der Waals surface area contributed by atoms with Crippen molar-refractivity contribution in [3.8, 4) is 0 Å². The molecule has 1 N–H and O–H groups in total. The maximum Gasteiger partial charge on any atom is 0.347 e. The number of likely N-dealkylation sites (tertiary alicyclic amines) is 1. The maximum absolute atomic E-state index is 12.3. The lowest BCUT2D eigenvalue weighted by molar-refractivity contribution is -0.131. The van der Waals surface area contributed by atoms with Crippen molar-refractivity contribution in [2.45, 2.75) is 19.1 Å². The molecule has 1 saturated heterocycles. The number of rotatable bonds is 4. The van der Waals surface area contributed by atoms with Crippen molar-refractivity contribution in [1.82, 2.24) is 19.4 Å². The van der Waals surface area contributed by atoms with Crippen LogP contribution in [0.5, 0.6) is 0 Å². The molecule has 0 aliphatic carbocycles. The molecule has 7 heteroatoms. The fraction of sp³-hybridized carbons (Fsp3) is 0.375. The Kier molecular flexibility index (Phi) is 4.47. The highest BCUT2D eigenvalue weighted by Crippen LogP contribution is 2.21. The van der Waals surface area contributed by atoms with Crippen molar-refractivity contribution < 1.29 is 9.90 Å². The Morgan fingerprint density at radius 3 is 2.78 bits per heavy atom. The van der Waals surface area contributed by atoms with Gasteiger partial charge in [-0.1, -0.05) is 0 Å². The van der Waals surface area contributed by atoms with Gasteiger partial charge in [0.15, 0.2) is 0 Å². The molecule has 0 bridgehead atoms. The van der Waals surface area contributed by atoms with Crippen molar-refractivity contribution in [3.63, 3.8) is 0 Å². The summed E-state index contributed by atoms with van der Waals surface area (Å²) in [5, 5.41) is 10.2. The third-order valence-corrected chi connectivity index (χ3v) is 4.09. The zero-order chi connectivity index (χ0) is 16.2. The molecule has 0 unspecified atom stereocenters. The van der Waals surface area contributed by atoms with E-state index in [-0.39, 0.29) is 18.4 Å². The summed E-state index contributed by atoms with van der Waals surface area (Å²) >= 11 is 0. The number of aliphatic hydroxyl groups excluding tert-OH is 1. The lowest BCUT2D eigenvalue weighted by atomic mass is 9.97. The Labute approximate surface area is 133 Å². The molecule has 0 aromatic carbocycles. The Morgan fingerprint density at radius 2 is 2.04 bits per heavy atom. The van der Waals surface area contributed by atoms with E-state index < -0.39 is 11.8 Å². The first kappa shape index (κ1) is 15.4. The van der Waals surface area contributed by atoms with E-state index in [0.717, 1.165) is 5.56 Å². The fourth-order valence-electron chi connectivity index (χ4n) is 2.83. The molecule has 1 fully saturated rings. The number of carbonyl (C=O) groups is 1. The molecule has 1 amide bonds. The normalized spacial score (nSPS) is 20.7. The molecular formula is C16H18N4O3. The standard InChI is InChI=1S/C16H18N4O3/c21-14-10-20(9-13(14)8-12-2-5-17-6-3-12)15(22)11-19-7-1-4-18-16(19)23/h1-7,13-14,21H,8-11H2/t13-,14-/m1/s1. The van der Waals surface area contributed by atoms with Gasteiger partial charge in [-0.2, -0.15) is 0 Å². The molecule has 1 aliphatic rings. The van der Waals surface area contributed by atoms with Gasteiger partial charge in [-0.05, 0) is 30.2 Å². The van der Waals surface area contributed by atoms with E-state index in [1.807, 2.05) is 12.1 Å². The largest absolute Gasteiger partial charge is 0.391 e. The first-order valence-electron chi connectivity index (χ1n) is 7.49. The third-order valence-electron chi connectivity index (χ3n) is 4.09. The van der Waals surface area contributed by atoms with Crippen LogP contribution in [0, 0.1) is 5.92 Å². The predicted octanol–water partition coefficient (Wildman–Crippen LogP) is -0.300. The summed E-state index contributed by atoms with van der Waals surface area (Å²) in [4.78, 5) is 33.1. The topological polar surface area (TPSA) is 88.3 Å². The molecule has 0 spiro atoms. The van der Waals surface area contributed by atoms with Gasteiger partial charge < -0.3 is 10.0 Å². The number of β-amino-alcohol motifs (C(OH)–C–C–N with tert-alkyl or cyclic N) is 1. The minimum Gasteiger partial charge on any atom is -0.391 e. The number of hydrogen-bond acceptors (Lipinski definition) is 5. The smallest absolute Gasteiger partial charge is 0.347 e. The molecule has 120 valence electrons. The second kappa shape index (κ2) is 6.70. The van der Waals surface area contributed by atoms with Gasteiger partial charge in [0.1, 0.15) is 6.54 Å². The van der Waals surface area contributed by atoms with E-state index in [2.05, 4.69) is 9.97 Å². The zero-order valence-corrected chi connectivity index (χ0v) is 12.6. The van der Waals surface area contributed by atoms with Gasteiger partial charge in [0.2, 0.25) is 5.91 Å². The van der Waals surface area contributed by atoms with Gasteiger partial charge in [0.25, 0.3) is 0 Å². The molecule has 2 aromatic rings. The number of nitrogens with zero attached hydrogens (tertiary/aromatic N) is 4. The van der Waals surface area contributed by atoms with E-state index in [1.54, 1.807) is 23.4 Å². The van der Waals surface area contributed by atoms with E-state index in [0.29, 0.717) is 19.5 Å². The summed E-state index contributed by atoms with van der Waals surface area (Å²) in [5.41, 5.74) is 0.635. The van der Waals surface area contributed by atoms with Crippen molar-refractivity contribution in [3.05, 3.63) is 59.0 Å². The molecule has 2 aromatic heterocycles. The summed E-state index contributed by atoms with van der Waals surface area (Å²) in [5.74, 6) is -0.191. The third kappa shape index (κ3) is 3.62. The summed E-state index contributed by atoms with van der Waals surface area (Å²) in [7, 11) is 0. The number of pyridine rings is 1. The number of aliphatic hydroxyl groups is 1. The Morgan fingerprint density at radius 1 is 1.26 bits per heavy atom.